The first-order valence-corrected chi connectivity index (χ1v) is 6.90. The van der Waals surface area contributed by atoms with Gasteiger partial charge in [0.25, 0.3) is 0 Å². The minimum atomic E-state index is -0.574. The Kier molecular flexibility index (Phi) is 8.30. The molecule has 0 heterocycles. The maximum atomic E-state index is 11.8. The molecule has 0 rings (SSSR count). The standard InChI is InChI=1S/C14H26N4O3/c1-6-8-15-13(21)16-11(19)9-18(7-2)10-12(20)17-14(3,4)5/h6H,1,7-10H2,2-5H3,(H,17,20)(H2,15,16,19,21). The number of carbonyl (C=O) groups excluding carboxylic acids is 3. The Balaban J connectivity index is 4.24. The second-order valence-corrected chi connectivity index (χ2v) is 5.65. The Bertz CT molecular complexity index is 388. The molecule has 0 aromatic carbocycles. The molecule has 0 saturated heterocycles. The molecular formula is C14H26N4O3. The topological polar surface area (TPSA) is 90.5 Å². The Hall–Kier alpha value is -1.89. The summed E-state index contributed by atoms with van der Waals surface area (Å²) in [6, 6.07) is -0.574. The number of likely N-dealkylation sites (N-methyl/N-ethyl adjacent to an activating group) is 1. The van der Waals surface area contributed by atoms with Crippen molar-refractivity contribution in [3.63, 3.8) is 0 Å². The monoisotopic (exact) mass is 298 g/mol. The Labute approximate surface area is 126 Å². The van der Waals surface area contributed by atoms with E-state index in [1.165, 1.54) is 6.08 Å². The van der Waals surface area contributed by atoms with Gasteiger partial charge in [-0.15, -0.1) is 6.58 Å². The van der Waals surface area contributed by atoms with Crippen molar-refractivity contribution in [3.8, 4) is 0 Å². The summed E-state index contributed by atoms with van der Waals surface area (Å²) in [6.07, 6.45) is 1.51. The number of carbonyl (C=O) groups is 3. The molecule has 0 fully saturated rings. The van der Waals surface area contributed by atoms with Crippen molar-refractivity contribution < 1.29 is 14.4 Å². The van der Waals surface area contributed by atoms with Crippen LogP contribution in [0.1, 0.15) is 27.7 Å². The molecule has 120 valence electrons. The van der Waals surface area contributed by atoms with Crippen LogP contribution in [0.25, 0.3) is 0 Å². The summed E-state index contributed by atoms with van der Waals surface area (Å²) in [7, 11) is 0. The SMILES string of the molecule is C=CCNC(=O)NC(=O)CN(CC)CC(=O)NC(C)(C)C. The average molecular weight is 298 g/mol. The van der Waals surface area contributed by atoms with Gasteiger partial charge in [-0.05, 0) is 27.3 Å². The average Bonchev–Trinajstić information content (AvgIpc) is 2.32. The molecule has 0 spiro atoms. The predicted octanol–water partition coefficient (Wildman–Crippen LogP) is 0.235. The predicted molar refractivity (Wildman–Crippen MR) is 81.7 cm³/mol. The Morgan fingerprint density at radius 3 is 2.19 bits per heavy atom. The zero-order valence-corrected chi connectivity index (χ0v) is 13.3. The fourth-order valence-electron chi connectivity index (χ4n) is 1.52. The highest BCUT2D eigenvalue weighted by Gasteiger charge is 2.18. The number of imide groups is 1. The number of rotatable bonds is 7. The zero-order valence-electron chi connectivity index (χ0n) is 13.3. The maximum absolute atomic E-state index is 11.8. The number of nitrogens with one attached hydrogen (secondary N) is 3. The number of hydrogen-bond acceptors (Lipinski definition) is 4. The first-order valence-electron chi connectivity index (χ1n) is 6.90. The summed E-state index contributed by atoms with van der Waals surface area (Å²) in [5, 5.41) is 7.45. The van der Waals surface area contributed by atoms with Gasteiger partial charge in [-0.2, -0.15) is 0 Å². The lowest BCUT2D eigenvalue weighted by molar-refractivity contribution is -0.125. The van der Waals surface area contributed by atoms with E-state index in [0.717, 1.165) is 0 Å². The molecule has 7 heteroatoms. The van der Waals surface area contributed by atoms with Crippen molar-refractivity contribution in [1.82, 2.24) is 20.9 Å². The van der Waals surface area contributed by atoms with Gasteiger partial charge in [-0.3, -0.25) is 19.8 Å². The molecule has 4 amide bonds. The van der Waals surface area contributed by atoms with Crippen molar-refractivity contribution in [2.75, 3.05) is 26.2 Å². The number of nitrogens with zero attached hydrogens (tertiary/aromatic N) is 1. The van der Waals surface area contributed by atoms with Gasteiger partial charge >= 0.3 is 6.03 Å². The molecule has 0 aliphatic heterocycles. The second-order valence-electron chi connectivity index (χ2n) is 5.65. The van der Waals surface area contributed by atoms with Crippen LogP contribution in [0.5, 0.6) is 0 Å². The summed E-state index contributed by atoms with van der Waals surface area (Å²) >= 11 is 0. The summed E-state index contributed by atoms with van der Waals surface area (Å²) in [6.45, 7) is 11.9. The van der Waals surface area contributed by atoms with Crippen molar-refractivity contribution >= 4 is 17.8 Å². The number of amides is 4. The van der Waals surface area contributed by atoms with Gasteiger partial charge in [0.15, 0.2) is 0 Å². The van der Waals surface area contributed by atoms with E-state index in [-0.39, 0.29) is 31.1 Å². The second kappa shape index (κ2) is 9.12. The van der Waals surface area contributed by atoms with Crippen molar-refractivity contribution in [1.29, 1.82) is 0 Å². The summed E-state index contributed by atoms with van der Waals surface area (Å²) in [5.74, 6) is -0.616. The van der Waals surface area contributed by atoms with Crippen molar-refractivity contribution in [2.24, 2.45) is 0 Å². The van der Waals surface area contributed by atoms with Gasteiger partial charge in [-0.25, -0.2) is 4.79 Å². The molecule has 21 heavy (non-hydrogen) atoms. The lowest BCUT2D eigenvalue weighted by Gasteiger charge is -2.24. The summed E-state index contributed by atoms with van der Waals surface area (Å²) in [5.41, 5.74) is -0.316. The highest BCUT2D eigenvalue weighted by atomic mass is 16.2. The van der Waals surface area contributed by atoms with E-state index in [9.17, 15) is 14.4 Å². The van der Waals surface area contributed by atoms with Crippen LogP contribution in [0, 0.1) is 0 Å². The van der Waals surface area contributed by atoms with Gasteiger partial charge in [0, 0.05) is 12.1 Å². The van der Waals surface area contributed by atoms with Crippen molar-refractivity contribution in [2.45, 2.75) is 33.2 Å². The first kappa shape index (κ1) is 19.1. The Morgan fingerprint density at radius 2 is 1.71 bits per heavy atom. The van der Waals surface area contributed by atoms with Crippen LogP contribution in [0.3, 0.4) is 0 Å². The van der Waals surface area contributed by atoms with Crippen LogP contribution in [-0.2, 0) is 9.59 Å². The van der Waals surface area contributed by atoms with Crippen LogP contribution in [0.4, 0.5) is 4.79 Å². The number of urea groups is 1. The molecule has 7 nitrogen and oxygen atoms in total. The molecule has 0 aromatic heterocycles. The third kappa shape index (κ3) is 10.5. The lowest BCUT2D eigenvalue weighted by Crippen LogP contribution is -2.49. The molecule has 0 aromatic rings. The zero-order chi connectivity index (χ0) is 16.5. The Morgan fingerprint density at radius 1 is 1.14 bits per heavy atom. The van der Waals surface area contributed by atoms with E-state index in [1.807, 2.05) is 27.7 Å². The fraction of sp³-hybridized carbons (Fsp3) is 0.643. The van der Waals surface area contributed by atoms with E-state index in [4.69, 9.17) is 0 Å². The third-order valence-electron chi connectivity index (χ3n) is 2.36. The molecule has 0 aliphatic carbocycles. The van der Waals surface area contributed by atoms with Crippen LogP contribution in [0.15, 0.2) is 12.7 Å². The lowest BCUT2D eigenvalue weighted by atomic mass is 10.1. The third-order valence-corrected chi connectivity index (χ3v) is 2.36. The fourth-order valence-corrected chi connectivity index (χ4v) is 1.52. The van der Waals surface area contributed by atoms with Gasteiger partial charge in [0.05, 0.1) is 13.1 Å². The van der Waals surface area contributed by atoms with E-state index >= 15 is 0 Å². The van der Waals surface area contributed by atoms with E-state index < -0.39 is 11.9 Å². The highest BCUT2D eigenvalue weighted by molar-refractivity contribution is 5.95. The maximum Gasteiger partial charge on any atom is 0.321 e. The van der Waals surface area contributed by atoms with Crippen molar-refractivity contribution in [3.05, 3.63) is 12.7 Å². The minimum Gasteiger partial charge on any atom is -0.350 e. The summed E-state index contributed by atoms with van der Waals surface area (Å²) < 4.78 is 0. The van der Waals surface area contributed by atoms with Gasteiger partial charge in [0.1, 0.15) is 0 Å². The highest BCUT2D eigenvalue weighted by Crippen LogP contribution is 1.98. The molecule has 0 radical (unpaired) electrons. The van der Waals surface area contributed by atoms with Crippen LogP contribution in [-0.4, -0.2) is 54.5 Å². The van der Waals surface area contributed by atoms with Crippen LogP contribution >= 0.6 is 0 Å². The molecule has 0 unspecified atom stereocenters. The molecule has 0 saturated carbocycles. The van der Waals surface area contributed by atoms with E-state index in [0.29, 0.717) is 6.54 Å². The molecule has 3 N–H and O–H groups in total. The van der Waals surface area contributed by atoms with E-state index in [1.54, 1.807) is 4.90 Å². The van der Waals surface area contributed by atoms with Gasteiger partial charge in [-0.1, -0.05) is 13.0 Å². The number of hydrogen-bond donors (Lipinski definition) is 3. The smallest absolute Gasteiger partial charge is 0.321 e. The molecule has 0 atom stereocenters. The normalized spacial score (nSPS) is 10.9. The van der Waals surface area contributed by atoms with Crippen LogP contribution in [0.2, 0.25) is 0 Å². The molecule has 0 bridgehead atoms. The van der Waals surface area contributed by atoms with E-state index in [2.05, 4.69) is 22.5 Å². The first-order chi connectivity index (χ1) is 9.67. The summed E-state index contributed by atoms with van der Waals surface area (Å²) in [4.78, 5) is 36.4. The van der Waals surface area contributed by atoms with Crippen LogP contribution < -0.4 is 16.0 Å². The quantitative estimate of drug-likeness (QED) is 0.587. The largest absolute Gasteiger partial charge is 0.350 e. The molecular weight excluding hydrogens is 272 g/mol. The minimum absolute atomic E-state index is 0.0183. The molecule has 0 aliphatic rings. The van der Waals surface area contributed by atoms with Gasteiger partial charge in [0.2, 0.25) is 11.8 Å². The van der Waals surface area contributed by atoms with Gasteiger partial charge < -0.3 is 10.6 Å².